The fourth-order valence-corrected chi connectivity index (χ4v) is 2.94. The van der Waals surface area contributed by atoms with Gasteiger partial charge in [-0.1, -0.05) is 19.1 Å². The van der Waals surface area contributed by atoms with Gasteiger partial charge in [0.25, 0.3) is 0 Å². The Morgan fingerprint density at radius 1 is 1.35 bits per heavy atom. The number of hydrogen-bond donors (Lipinski definition) is 2. The van der Waals surface area contributed by atoms with Crippen molar-refractivity contribution in [3.63, 3.8) is 0 Å². The molecule has 0 saturated carbocycles. The van der Waals surface area contributed by atoms with Crippen molar-refractivity contribution >= 4 is 10.0 Å². The van der Waals surface area contributed by atoms with Gasteiger partial charge in [0.2, 0.25) is 10.0 Å². The largest absolute Gasteiger partial charge is 0.388 e. The minimum atomic E-state index is -3.50. The van der Waals surface area contributed by atoms with E-state index in [2.05, 4.69) is 4.72 Å². The number of rotatable bonds is 8. The van der Waals surface area contributed by atoms with E-state index in [1.54, 1.807) is 18.2 Å². The summed E-state index contributed by atoms with van der Waals surface area (Å²) in [5.74, 6) is 0. The SMILES string of the molecule is CCC(O)c1cccc(S(=O)(=O)NCCCN(C)C)c1. The quantitative estimate of drug-likeness (QED) is 0.711. The lowest BCUT2D eigenvalue weighted by Crippen LogP contribution is -2.27. The molecule has 0 radical (unpaired) electrons. The van der Waals surface area contributed by atoms with Crippen LogP contribution in [0.2, 0.25) is 0 Å². The molecule has 1 aromatic carbocycles. The molecule has 5 nitrogen and oxygen atoms in total. The minimum Gasteiger partial charge on any atom is -0.388 e. The van der Waals surface area contributed by atoms with Gasteiger partial charge in [0.05, 0.1) is 11.0 Å². The Bertz CT molecular complexity index is 515. The van der Waals surface area contributed by atoms with E-state index in [-0.39, 0.29) is 4.90 Å². The predicted molar refractivity (Wildman–Crippen MR) is 80.1 cm³/mol. The van der Waals surface area contributed by atoms with E-state index >= 15 is 0 Å². The lowest BCUT2D eigenvalue weighted by Gasteiger charge is -2.12. The summed E-state index contributed by atoms with van der Waals surface area (Å²) in [5, 5.41) is 9.77. The second-order valence-electron chi connectivity index (χ2n) is 5.05. The molecule has 0 aromatic heterocycles. The van der Waals surface area contributed by atoms with Crippen LogP contribution in [0.5, 0.6) is 0 Å². The molecule has 1 aromatic rings. The molecule has 114 valence electrons. The Labute approximate surface area is 121 Å². The van der Waals surface area contributed by atoms with Gasteiger partial charge in [-0.25, -0.2) is 13.1 Å². The van der Waals surface area contributed by atoms with Crippen molar-refractivity contribution in [3.8, 4) is 0 Å². The normalized spacial score (nSPS) is 13.7. The maximum Gasteiger partial charge on any atom is 0.240 e. The van der Waals surface area contributed by atoms with Crippen LogP contribution >= 0.6 is 0 Å². The van der Waals surface area contributed by atoms with Crippen molar-refractivity contribution < 1.29 is 13.5 Å². The molecule has 6 heteroatoms. The zero-order valence-electron chi connectivity index (χ0n) is 12.3. The average molecular weight is 300 g/mol. The van der Waals surface area contributed by atoms with Crippen LogP contribution in [0.1, 0.15) is 31.4 Å². The number of aliphatic hydroxyl groups excluding tert-OH is 1. The summed E-state index contributed by atoms with van der Waals surface area (Å²) in [6, 6.07) is 6.46. The molecule has 1 atom stereocenters. The third kappa shape index (κ3) is 5.20. The van der Waals surface area contributed by atoms with Gasteiger partial charge in [-0.05, 0) is 51.2 Å². The molecule has 0 bridgehead atoms. The molecule has 0 aliphatic heterocycles. The fourth-order valence-electron chi connectivity index (χ4n) is 1.81. The van der Waals surface area contributed by atoms with Gasteiger partial charge in [0, 0.05) is 6.54 Å². The molecule has 0 heterocycles. The van der Waals surface area contributed by atoms with E-state index in [0.29, 0.717) is 18.5 Å². The van der Waals surface area contributed by atoms with Gasteiger partial charge >= 0.3 is 0 Å². The highest BCUT2D eigenvalue weighted by Crippen LogP contribution is 2.19. The third-order valence-electron chi connectivity index (χ3n) is 3.01. The van der Waals surface area contributed by atoms with E-state index in [0.717, 1.165) is 13.0 Å². The Balaban J connectivity index is 2.72. The first kappa shape index (κ1) is 17.1. The molecule has 1 rings (SSSR count). The molecule has 0 spiro atoms. The van der Waals surface area contributed by atoms with Crippen LogP contribution in [-0.4, -0.2) is 45.6 Å². The summed E-state index contributed by atoms with van der Waals surface area (Å²) in [6.45, 7) is 3.09. The maximum atomic E-state index is 12.1. The summed E-state index contributed by atoms with van der Waals surface area (Å²) in [4.78, 5) is 2.21. The van der Waals surface area contributed by atoms with Gasteiger partial charge in [-0.15, -0.1) is 0 Å². The van der Waals surface area contributed by atoms with E-state index in [1.165, 1.54) is 6.07 Å². The average Bonchev–Trinajstić information content (AvgIpc) is 2.42. The van der Waals surface area contributed by atoms with Crippen molar-refractivity contribution in [2.75, 3.05) is 27.2 Å². The van der Waals surface area contributed by atoms with Crippen LogP contribution in [0.3, 0.4) is 0 Å². The Hall–Kier alpha value is -0.950. The highest BCUT2D eigenvalue weighted by molar-refractivity contribution is 7.89. The molecule has 1 unspecified atom stereocenters. The minimum absolute atomic E-state index is 0.201. The van der Waals surface area contributed by atoms with E-state index in [4.69, 9.17) is 0 Å². The standard InChI is InChI=1S/C14H24N2O3S/c1-4-14(17)12-7-5-8-13(11-12)20(18,19)15-9-6-10-16(2)3/h5,7-8,11,14-15,17H,4,6,9-10H2,1-3H3. The van der Waals surface area contributed by atoms with Crippen LogP contribution in [0, 0.1) is 0 Å². The first-order valence-electron chi connectivity index (χ1n) is 6.79. The Morgan fingerprint density at radius 2 is 2.05 bits per heavy atom. The summed E-state index contributed by atoms with van der Waals surface area (Å²) in [6.07, 6.45) is 0.683. The van der Waals surface area contributed by atoms with Gasteiger partial charge in [0.1, 0.15) is 0 Å². The topological polar surface area (TPSA) is 69.6 Å². The number of sulfonamides is 1. The van der Waals surface area contributed by atoms with Crippen molar-refractivity contribution in [2.24, 2.45) is 0 Å². The molecule has 0 amide bonds. The second-order valence-corrected chi connectivity index (χ2v) is 6.82. The maximum absolute atomic E-state index is 12.1. The highest BCUT2D eigenvalue weighted by atomic mass is 32.2. The first-order chi connectivity index (χ1) is 9.36. The third-order valence-corrected chi connectivity index (χ3v) is 4.47. The second kappa shape index (κ2) is 7.73. The first-order valence-corrected chi connectivity index (χ1v) is 8.27. The lowest BCUT2D eigenvalue weighted by molar-refractivity contribution is 0.173. The molecule has 0 aliphatic rings. The number of hydrogen-bond acceptors (Lipinski definition) is 4. The van der Waals surface area contributed by atoms with Gasteiger partial charge in [-0.3, -0.25) is 0 Å². The zero-order valence-corrected chi connectivity index (χ0v) is 13.2. The predicted octanol–water partition coefficient (Wildman–Crippen LogP) is 1.36. The van der Waals surface area contributed by atoms with Crippen LogP contribution in [-0.2, 0) is 10.0 Å². The van der Waals surface area contributed by atoms with Crippen molar-refractivity contribution in [3.05, 3.63) is 29.8 Å². The fraction of sp³-hybridized carbons (Fsp3) is 0.571. The van der Waals surface area contributed by atoms with Crippen LogP contribution in [0.25, 0.3) is 0 Å². The Kier molecular flexibility index (Phi) is 6.61. The molecule has 0 saturated heterocycles. The van der Waals surface area contributed by atoms with E-state index in [9.17, 15) is 13.5 Å². The number of nitrogens with zero attached hydrogens (tertiary/aromatic N) is 1. The van der Waals surface area contributed by atoms with E-state index in [1.807, 2.05) is 25.9 Å². The van der Waals surface area contributed by atoms with Crippen LogP contribution in [0.15, 0.2) is 29.2 Å². The monoisotopic (exact) mass is 300 g/mol. The summed E-state index contributed by atoms with van der Waals surface area (Å²) >= 11 is 0. The van der Waals surface area contributed by atoms with Crippen LogP contribution in [0.4, 0.5) is 0 Å². The molecule has 2 N–H and O–H groups in total. The Morgan fingerprint density at radius 3 is 2.65 bits per heavy atom. The zero-order chi connectivity index (χ0) is 15.2. The highest BCUT2D eigenvalue weighted by Gasteiger charge is 2.15. The molecule has 20 heavy (non-hydrogen) atoms. The van der Waals surface area contributed by atoms with Crippen molar-refractivity contribution in [1.82, 2.24) is 9.62 Å². The number of benzene rings is 1. The van der Waals surface area contributed by atoms with E-state index < -0.39 is 16.1 Å². The van der Waals surface area contributed by atoms with Crippen molar-refractivity contribution in [2.45, 2.75) is 30.8 Å². The summed E-state index contributed by atoms with van der Waals surface area (Å²) in [7, 11) is 0.395. The van der Waals surface area contributed by atoms with Gasteiger partial charge < -0.3 is 10.0 Å². The number of nitrogens with one attached hydrogen (secondary N) is 1. The molecule has 0 aliphatic carbocycles. The molecule has 0 fully saturated rings. The van der Waals surface area contributed by atoms with Gasteiger partial charge in [0.15, 0.2) is 0 Å². The lowest BCUT2D eigenvalue weighted by atomic mass is 10.1. The van der Waals surface area contributed by atoms with Crippen molar-refractivity contribution in [1.29, 1.82) is 0 Å². The summed E-state index contributed by atoms with van der Waals surface area (Å²) in [5.41, 5.74) is 0.628. The number of aliphatic hydroxyl groups is 1. The van der Waals surface area contributed by atoms with Crippen LogP contribution < -0.4 is 4.72 Å². The molecular weight excluding hydrogens is 276 g/mol. The summed E-state index contributed by atoms with van der Waals surface area (Å²) < 4.78 is 26.8. The van der Waals surface area contributed by atoms with Gasteiger partial charge in [-0.2, -0.15) is 0 Å². The smallest absolute Gasteiger partial charge is 0.240 e. The molecular formula is C14H24N2O3S.